The highest BCUT2D eigenvalue weighted by atomic mass is 13.9. The summed E-state index contributed by atoms with van der Waals surface area (Å²) in [5, 5.41) is 0. The first kappa shape index (κ1) is 13.6. The molecule has 1 radical (unpaired) electrons. The summed E-state index contributed by atoms with van der Waals surface area (Å²) < 4.78 is 0. The minimum Gasteiger partial charge on any atom is -0.0654 e. The fourth-order valence-electron chi connectivity index (χ4n) is 0.500. The molecule has 0 heteroatoms. The van der Waals surface area contributed by atoms with Crippen LogP contribution in [0.2, 0.25) is 0 Å². The van der Waals surface area contributed by atoms with Crippen molar-refractivity contribution in [1.29, 1.82) is 0 Å². The van der Waals surface area contributed by atoms with Crippen molar-refractivity contribution in [2.75, 3.05) is 0 Å². The Kier molecular flexibility index (Phi) is 15.6. The second kappa shape index (κ2) is 12.7. The van der Waals surface area contributed by atoms with Crippen LogP contribution in [0.1, 0.15) is 66.7 Å². The molecule has 0 aliphatic rings. The third kappa shape index (κ3) is 25.6. The Morgan fingerprint density at radius 2 is 1.09 bits per heavy atom. The second-order valence-corrected chi connectivity index (χ2v) is 3.27. The first-order chi connectivity index (χ1) is 5.18. The summed E-state index contributed by atoms with van der Waals surface area (Å²) in [5.41, 5.74) is 0. The predicted molar refractivity (Wildman–Crippen MR) is 54.7 cm³/mol. The summed E-state index contributed by atoms with van der Waals surface area (Å²) in [6, 6.07) is 0. The zero-order chi connectivity index (χ0) is 9.11. The molecular weight excluding hydrogens is 132 g/mol. The Bertz CT molecular complexity index is 42.0. The van der Waals surface area contributed by atoms with Crippen LogP contribution in [0.25, 0.3) is 0 Å². The molecule has 0 aromatic carbocycles. The Hall–Kier alpha value is 0. The van der Waals surface area contributed by atoms with E-state index in [4.69, 9.17) is 0 Å². The van der Waals surface area contributed by atoms with E-state index in [0.717, 1.165) is 0 Å². The van der Waals surface area contributed by atoms with Crippen molar-refractivity contribution in [3.8, 4) is 0 Å². The van der Waals surface area contributed by atoms with Crippen LogP contribution in [-0.4, -0.2) is 0 Å². The molecule has 0 nitrogen and oxygen atoms in total. The molecule has 0 aromatic heterocycles. The van der Waals surface area contributed by atoms with E-state index in [9.17, 15) is 0 Å². The van der Waals surface area contributed by atoms with Crippen molar-refractivity contribution in [1.82, 2.24) is 0 Å². The fourth-order valence-corrected chi connectivity index (χ4v) is 0.500. The molecule has 0 aliphatic heterocycles. The molecule has 11 heavy (non-hydrogen) atoms. The molecular formula is C11H25. The molecule has 0 saturated carbocycles. The second-order valence-electron chi connectivity index (χ2n) is 3.27. The highest BCUT2D eigenvalue weighted by Crippen LogP contribution is 1.97. The van der Waals surface area contributed by atoms with Gasteiger partial charge in [-0.2, -0.15) is 0 Å². The summed E-state index contributed by atoms with van der Waals surface area (Å²) in [4.78, 5) is 0. The van der Waals surface area contributed by atoms with Gasteiger partial charge >= 0.3 is 0 Å². The lowest BCUT2D eigenvalue weighted by Gasteiger charge is -1.89. The molecule has 0 fully saturated rings. The van der Waals surface area contributed by atoms with E-state index >= 15 is 0 Å². The molecule has 0 aromatic rings. The zero-order valence-electron chi connectivity index (χ0n) is 9.04. The summed E-state index contributed by atoms with van der Waals surface area (Å²) in [7, 11) is 0. The molecule has 0 spiro atoms. The average molecular weight is 157 g/mol. The van der Waals surface area contributed by atoms with Crippen molar-refractivity contribution in [3.05, 3.63) is 5.92 Å². The minimum atomic E-state index is 1.22. The number of rotatable bonds is 4. The summed E-state index contributed by atoms with van der Waals surface area (Å²) >= 11 is 0. The van der Waals surface area contributed by atoms with Crippen molar-refractivity contribution in [3.63, 3.8) is 0 Å². The van der Waals surface area contributed by atoms with E-state index in [1.807, 2.05) is 0 Å². The molecule has 0 N–H and O–H groups in total. The Labute approximate surface area is 73.4 Å². The van der Waals surface area contributed by atoms with Crippen molar-refractivity contribution >= 4 is 0 Å². The fraction of sp³-hybridized carbons (Fsp3) is 0.909. The van der Waals surface area contributed by atoms with Gasteiger partial charge in [0.25, 0.3) is 0 Å². The standard InChI is InChI=1S/C6H14.C5H11/c1-3-5-6-4-2;1-4-5(2)3/h3-6H2,1-2H3;4H2,1-3H3. The highest BCUT2D eigenvalue weighted by molar-refractivity contribution is 4.72. The van der Waals surface area contributed by atoms with Crippen LogP contribution < -0.4 is 0 Å². The first-order valence-corrected chi connectivity index (χ1v) is 4.97. The van der Waals surface area contributed by atoms with E-state index in [2.05, 4.69) is 34.6 Å². The largest absolute Gasteiger partial charge is 0.0654 e. The van der Waals surface area contributed by atoms with Crippen LogP contribution >= 0.6 is 0 Å². The molecule has 0 unspecified atom stereocenters. The summed E-state index contributed by atoms with van der Waals surface area (Å²) in [6.45, 7) is 10.9. The van der Waals surface area contributed by atoms with Crippen LogP contribution in [-0.2, 0) is 0 Å². The van der Waals surface area contributed by atoms with Gasteiger partial charge in [-0.15, -0.1) is 0 Å². The van der Waals surface area contributed by atoms with Gasteiger partial charge in [-0.25, -0.2) is 0 Å². The van der Waals surface area contributed by atoms with Crippen molar-refractivity contribution in [2.24, 2.45) is 0 Å². The van der Waals surface area contributed by atoms with E-state index in [1.165, 1.54) is 38.0 Å². The summed E-state index contributed by atoms with van der Waals surface area (Å²) in [5.74, 6) is 1.50. The van der Waals surface area contributed by atoms with Gasteiger partial charge in [0.2, 0.25) is 0 Å². The van der Waals surface area contributed by atoms with E-state index < -0.39 is 0 Å². The van der Waals surface area contributed by atoms with Gasteiger partial charge in [-0.05, 0) is 5.92 Å². The minimum absolute atomic E-state index is 1.22. The average Bonchev–Trinajstić information content (AvgIpc) is 2.02. The number of unbranched alkanes of at least 4 members (excludes halogenated alkanes) is 3. The monoisotopic (exact) mass is 157 g/mol. The lowest BCUT2D eigenvalue weighted by molar-refractivity contribution is 0.702. The smallest absolute Gasteiger partial charge is 0.0306 e. The molecule has 0 saturated heterocycles. The zero-order valence-corrected chi connectivity index (χ0v) is 9.04. The molecule has 69 valence electrons. The maximum absolute atomic E-state index is 2.23. The lowest BCUT2D eigenvalue weighted by atomic mass is 10.2. The van der Waals surface area contributed by atoms with Crippen molar-refractivity contribution in [2.45, 2.75) is 66.7 Å². The molecule has 0 aliphatic carbocycles. The maximum Gasteiger partial charge on any atom is -0.0306 e. The van der Waals surface area contributed by atoms with Gasteiger partial charge in [0.1, 0.15) is 0 Å². The van der Waals surface area contributed by atoms with Gasteiger partial charge in [-0.3, -0.25) is 0 Å². The van der Waals surface area contributed by atoms with Crippen LogP contribution in [0, 0.1) is 5.92 Å². The molecule has 0 rings (SSSR count). The van der Waals surface area contributed by atoms with Gasteiger partial charge < -0.3 is 0 Å². The number of hydrogen-bond acceptors (Lipinski definition) is 0. The third-order valence-corrected chi connectivity index (χ3v) is 1.66. The van der Waals surface area contributed by atoms with Gasteiger partial charge in [0, 0.05) is 0 Å². The lowest BCUT2D eigenvalue weighted by Crippen LogP contribution is -1.73. The van der Waals surface area contributed by atoms with Crippen LogP contribution in [0.4, 0.5) is 0 Å². The highest BCUT2D eigenvalue weighted by Gasteiger charge is 1.80. The Balaban J connectivity index is 0. The first-order valence-electron chi connectivity index (χ1n) is 4.97. The topological polar surface area (TPSA) is 0 Å². The SMILES string of the molecule is CCCCCC.CC[C](C)C. The van der Waals surface area contributed by atoms with Gasteiger partial charge in [0.15, 0.2) is 0 Å². The van der Waals surface area contributed by atoms with E-state index in [0.29, 0.717) is 0 Å². The Morgan fingerprint density at radius 3 is 1.18 bits per heavy atom. The third-order valence-electron chi connectivity index (χ3n) is 1.66. The van der Waals surface area contributed by atoms with Crippen LogP contribution in [0.5, 0.6) is 0 Å². The predicted octanol–water partition coefficient (Wildman–Crippen LogP) is 4.60. The van der Waals surface area contributed by atoms with Gasteiger partial charge in [0.05, 0.1) is 0 Å². The number of hydrogen-bond donors (Lipinski definition) is 0. The maximum atomic E-state index is 2.23. The van der Waals surface area contributed by atoms with Crippen molar-refractivity contribution < 1.29 is 0 Å². The molecule has 0 amide bonds. The van der Waals surface area contributed by atoms with Gasteiger partial charge in [-0.1, -0.05) is 66.7 Å². The van der Waals surface area contributed by atoms with E-state index in [-0.39, 0.29) is 0 Å². The molecule has 0 bridgehead atoms. The molecule has 0 atom stereocenters. The summed E-state index contributed by atoms with van der Waals surface area (Å²) in [6.07, 6.45) is 6.76. The van der Waals surface area contributed by atoms with Crippen LogP contribution in [0.3, 0.4) is 0 Å². The molecule has 0 heterocycles. The quantitative estimate of drug-likeness (QED) is 0.523. The van der Waals surface area contributed by atoms with E-state index in [1.54, 1.807) is 0 Å². The van der Waals surface area contributed by atoms with Crippen LogP contribution in [0.15, 0.2) is 0 Å². The normalized spacial score (nSPS) is 9.27. The Morgan fingerprint density at radius 1 is 0.818 bits per heavy atom.